The van der Waals surface area contributed by atoms with Gasteiger partial charge in [0.25, 0.3) is 0 Å². The van der Waals surface area contributed by atoms with Crippen molar-refractivity contribution in [3.05, 3.63) is 76.9 Å². The molecule has 1 aromatic rings. The normalized spacial score (nSPS) is 19.9. The second kappa shape index (κ2) is 12.2. The van der Waals surface area contributed by atoms with E-state index in [0.29, 0.717) is 5.92 Å². The van der Waals surface area contributed by atoms with E-state index >= 15 is 0 Å². The minimum atomic E-state index is -4.34. The second-order valence-corrected chi connectivity index (χ2v) is 13.5. The Labute approximate surface area is 223 Å². The van der Waals surface area contributed by atoms with Crippen molar-refractivity contribution in [1.82, 2.24) is 4.90 Å². The number of hydrogen-bond acceptors (Lipinski definition) is 3. The van der Waals surface area contributed by atoms with Crippen LogP contribution in [0, 0.1) is 5.92 Å². The molecule has 3 rings (SSSR count). The highest BCUT2D eigenvalue weighted by atomic mass is 127. The molecule has 2 aliphatic heterocycles. The van der Waals surface area contributed by atoms with E-state index < -0.39 is 38.2 Å². The van der Waals surface area contributed by atoms with E-state index in [1.165, 1.54) is 20.7 Å². The molecular weight excluding hydrogens is 580 g/mol. The Balaban J connectivity index is 1.81. The quantitative estimate of drug-likeness (QED) is 0.164. The van der Waals surface area contributed by atoms with Crippen molar-refractivity contribution in [2.24, 2.45) is 5.92 Å². The number of allylic oxidation sites excluding steroid dienone is 7. The molecule has 0 radical (unpaired) electrons. The number of anilines is 1. The zero-order valence-electron chi connectivity index (χ0n) is 21.2. The second-order valence-electron chi connectivity index (χ2n) is 9.62. The summed E-state index contributed by atoms with van der Waals surface area (Å²) in [4.78, 5) is 2.37. The van der Waals surface area contributed by atoms with Crippen molar-refractivity contribution in [2.45, 2.75) is 52.6 Å². The SMILES string of the molecule is CCN1CCS\C1=C/C=C/C=C/C=C/C1=IN(CCC(C)C)c2ccc(C(F)(F)F)cc2C1(C)C. The third kappa shape index (κ3) is 7.28. The lowest BCUT2D eigenvalue weighted by Gasteiger charge is -2.38. The van der Waals surface area contributed by atoms with Crippen LogP contribution >= 0.6 is 32.8 Å². The van der Waals surface area contributed by atoms with Gasteiger partial charge in [0.2, 0.25) is 0 Å². The van der Waals surface area contributed by atoms with Crippen LogP contribution < -0.4 is 3.11 Å². The molecule has 0 bridgehead atoms. The molecule has 192 valence electrons. The van der Waals surface area contributed by atoms with E-state index in [2.05, 4.69) is 60.9 Å². The van der Waals surface area contributed by atoms with Crippen molar-refractivity contribution < 1.29 is 13.2 Å². The third-order valence-corrected chi connectivity index (χ3v) is 11.1. The minimum Gasteiger partial charge on any atom is -0.366 e. The van der Waals surface area contributed by atoms with Crippen molar-refractivity contribution in [1.29, 1.82) is 0 Å². The fourth-order valence-electron chi connectivity index (χ4n) is 3.98. The maximum Gasteiger partial charge on any atom is 0.416 e. The first-order valence-electron chi connectivity index (χ1n) is 12.1. The number of alkyl halides is 3. The Hall–Kier alpha value is -1.48. The molecule has 0 unspecified atom stereocenters. The number of nitrogens with zero attached hydrogens (tertiary/aromatic N) is 2. The van der Waals surface area contributed by atoms with Crippen LogP contribution in [0.4, 0.5) is 18.9 Å². The monoisotopic (exact) mass is 616 g/mol. The van der Waals surface area contributed by atoms with Crippen LogP contribution in [0.15, 0.2) is 65.8 Å². The summed E-state index contributed by atoms with van der Waals surface area (Å²) in [6, 6.07) is 4.28. The van der Waals surface area contributed by atoms with Gasteiger partial charge in [-0.15, -0.1) is 11.8 Å². The van der Waals surface area contributed by atoms with Crippen molar-refractivity contribution in [2.75, 3.05) is 28.5 Å². The maximum atomic E-state index is 13.5. The van der Waals surface area contributed by atoms with Crippen LogP contribution in [0.5, 0.6) is 0 Å². The maximum absolute atomic E-state index is 13.5. The molecule has 2 heterocycles. The topological polar surface area (TPSA) is 6.48 Å². The number of hydrogen-bond donors (Lipinski definition) is 0. The standard InChI is InChI=1S/C28H36F3IN2S/c1-6-33-18-19-35-26(33)13-11-9-7-8-10-12-25-27(4,5)23-20-22(28(29,30)31)14-15-24(23)34(32-25)17-16-21(2)3/h7-15,20-21H,6,16-19H2,1-5H3/b8-7+,11-9+,12-10+,26-13-. The molecule has 0 atom stereocenters. The first-order valence-corrected chi connectivity index (χ1v) is 15.2. The first kappa shape index (κ1) is 28.1. The van der Waals surface area contributed by atoms with Crippen molar-refractivity contribution >= 4 is 42.0 Å². The summed E-state index contributed by atoms with van der Waals surface area (Å²) in [7, 11) is 0. The zero-order valence-corrected chi connectivity index (χ0v) is 24.2. The summed E-state index contributed by atoms with van der Waals surface area (Å²) in [5.41, 5.74) is 0.724. The highest BCUT2D eigenvalue weighted by Gasteiger charge is 2.37. The van der Waals surface area contributed by atoms with Crippen LogP contribution in [0.3, 0.4) is 0 Å². The lowest BCUT2D eigenvalue weighted by Crippen LogP contribution is -2.34. The van der Waals surface area contributed by atoms with Crippen molar-refractivity contribution in [3.8, 4) is 0 Å². The van der Waals surface area contributed by atoms with Gasteiger partial charge in [-0.05, 0) is 49.1 Å². The summed E-state index contributed by atoms with van der Waals surface area (Å²) in [5.74, 6) is 1.69. The van der Waals surface area contributed by atoms with E-state index in [1.807, 2.05) is 36.1 Å². The summed E-state index contributed by atoms with van der Waals surface area (Å²) < 4.78 is 44.1. The summed E-state index contributed by atoms with van der Waals surface area (Å²) in [6.07, 6.45) is 11.1. The predicted molar refractivity (Wildman–Crippen MR) is 156 cm³/mol. The van der Waals surface area contributed by atoms with Crippen LogP contribution in [0.2, 0.25) is 0 Å². The van der Waals surface area contributed by atoms with E-state index in [4.69, 9.17) is 0 Å². The van der Waals surface area contributed by atoms with Crippen LogP contribution in [-0.2, 0) is 11.6 Å². The molecule has 35 heavy (non-hydrogen) atoms. The fourth-order valence-corrected chi connectivity index (χ4v) is 8.17. The Morgan fingerprint density at radius 2 is 1.83 bits per heavy atom. The number of benzene rings is 1. The highest BCUT2D eigenvalue weighted by Crippen LogP contribution is 2.46. The van der Waals surface area contributed by atoms with Crippen molar-refractivity contribution in [3.63, 3.8) is 0 Å². The highest BCUT2D eigenvalue weighted by molar-refractivity contribution is 14.2. The Morgan fingerprint density at radius 1 is 1.11 bits per heavy atom. The molecule has 0 aliphatic carbocycles. The molecular formula is C28H36F3IN2S. The molecule has 0 spiro atoms. The van der Waals surface area contributed by atoms with Crippen LogP contribution in [0.1, 0.15) is 52.2 Å². The van der Waals surface area contributed by atoms with Crippen LogP contribution in [-0.4, -0.2) is 33.8 Å². The smallest absolute Gasteiger partial charge is 0.366 e. The van der Waals surface area contributed by atoms with Gasteiger partial charge in [-0.2, -0.15) is 13.2 Å². The zero-order chi connectivity index (χ0) is 25.6. The molecule has 1 fully saturated rings. The van der Waals surface area contributed by atoms with E-state index in [0.717, 1.165) is 43.1 Å². The molecule has 7 heteroatoms. The number of thioether (sulfide) groups is 1. The number of fused-ring (bicyclic) bond motifs is 1. The largest absolute Gasteiger partial charge is 0.416 e. The first-order chi connectivity index (χ1) is 16.5. The van der Waals surface area contributed by atoms with Crippen LogP contribution in [0.25, 0.3) is 0 Å². The van der Waals surface area contributed by atoms with Gasteiger partial charge in [0.15, 0.2) is 0 Å². The van der Waals surface area contributed by atoms with Gasteiger partial charge in [0.1, 0.15) is 0 Å². The van der Waals surface area contributed by atoms with Gasteiger partial charge >= 0.3 is 6.18 Å². The van der Waals surface area contributed by atoms with E-state index in [1.54, 1.807) is 6.07 Å². The average Bonchev–Trinajstić information content (AvgIpc) is 3.25. The Morgan fingerprint density at radius 3 is 2.51 bits per heavy atom. The Kier molecular flexibility index (Phi) is 9.77. The molecule has 0 aromatic heterocycles. The third-order valence-electron chi connectivity index (χ3n) is 6.18. The fraction of sp³-hybridized carbons (Fsp3) is 0.464. The summed E-state index contributed by atoms with van der Waals surface area (Å²) in [5, 5.41) is 1.32. The van der Waals surface area contributed by atoms with E-state index in [9.17, 15) is 13.2 Å². The van der Waals surface area contributed by atoms with Gasteiger partial charge in [-0.25, -0.2) is 0 Å². The molecule has 0 saturated carbocycles. The van der Waals surface area contributed by atoms with Gasteiger partial charge in [0, 0.05) is 61.0 Å². The van der Waals surface area contributed by atoms with Gasteiger partial charge in [-0.3, -0.25) is 0 Å². The van der Waals surface area contributed by atoms with Gasteiger partial charge in [-0.1, -0.05) is 64.2 Å². The summed E-state index contributed by atoms with van der Waals surface area (Å²) >= 11 is 1.39. The summed E-state index contributed by atoms with van der Waals surface area (Å²) in [6.45, 7) is 13.7. The molecule has 0 amide bonds. The number of halogens is 4. The lowest BCUT2D eigenvalue weighted by molar-refractivity contribution is -0.137. The molecule has 2 aliphatic rings. The molecule has 1 saturated heterocycles. The van der Waals surface area contributed by atoms with E-state index in [-0.39, 0.29) is 0 Å². The van der Waals surface area contributed by atoms with Gasteiger partial charge < -0.3 is 8.01 Å². The Bertz CT molecular complexity index is 1040. The average molecular weight is 617 g/mol. The molecule has 2 nitrogen and oxygen atoms in total. The molecule has 1 aromatic carbocycles. The lowest BCUT2D eigenvalue weighted by atomic mass is 9.79. The predicted octanol–water partition coefficient (Wildman–Crippen LogP) is 8.49. The minimum absolute atomic E-state index is 0.438. The number of rotatable bonds is 8. The van der Waals surface area contributed by atoms with Gasteiger partial charge in [0.05, 0.1) is 10.6 Å². The molecule has 0 N–H and O–H groups in total.